The minimum Gasteiger partial charge on any atom is -0.480 e. The van der Waals surface area contributed by atoms with E-state index in [1.807, 2.05) is 30.3 Å². The number of nitrogens with zero attached hydrogens (tertiary/aromatic N) is 4. The van der Waals surface area contributed by atoms with E-state index in [2.05, 4.69) is 10.1 Å². The van der Waals surface area contributed by atoms with Crippen molar-refractivity contribution in [3.05, 3.63) is 76.6 Å². The van der Waals surface area contributed by atoms with Crippen LogP contribution in [-0.4, -0.2) is 50.9 Å². The first kappa shape index (κ1) is 28.6. The molecule has 0 aliphatic carbocycles. The van der Waals surface area contributed by atoms with Crippen LogP contribution in [0, 0.1) is 0 Å². The zero-order chi connectivity index (χ0) is 29.0. The summed E-state index contributed by atoms with van der Waals surface area (Å²) in [5.41, 5.74) is 0.763. The van der Waals surface area contributed by atoms with E-state index in [4.69, 9.17) is 18.9 Å². The average molecular weight is 573 g/mol. The lowest BCUT2D eigenvalue weighted by Gasteiger charge is -2.24. The van der Waals surface area contributed by atoms with E-state index in [0.717, 1.165) is 17.2 Å². The highest BCUT2D eigenvalue weighted by atomic mass is 19.4. The van der Waals surface area contributed by atoms with Crippen molar-refractivity contribution in [2.75, 3.05) is 13.2 Å². The molecule has 41 heavy (non-hydrogen) atoms. The fourth-order valence-corrected chi connectivity index (χ4v) is 4.61. The molecule has 0 bridgehead atoms. The second kappa shape index (κ2) is 12.3. The molecule has 9 nitrogen and oxygen atoms in total. The minimum absolute atomic E-state index is 0.0695. The van der Waals surface area contributed by atoms with Gasteiger partial charge in [0.05, 0.1) is 30.9 Å². The third-order valence-electron chi connectivity index (χ3n) is 6.83. The van der Waals surface area contributed by atoms with E-state index < -0.39 is 18.0 Å². The smallest absolute Gasteiger partial charge is 0.425 e. The van der Waals surface area contributed by atoms with Gasteiger partial charge in [-0.2, -0.15) is 17.9 Å². The van der Waals surface area contributed by atoms with Gasteiger partial charge in [0.15, 0.2) is 11.9 Å². The van der Waals surface area contributed by atoms with E-state index in [1.165, 1.54) is 16.8 Å². The number of aromatic nitrogens is 4. The summed E-state index contributed by atoms with van der Waals surface area (Å²) in [6, 6.07) is 14.2. The number of benzene rings is 2. The molecule has 1 aliphatic rings. The van der Waals surface area contributed by atoms with Crippen molar-refractivity contribution in [2.45, 2.75) is 64.8 Å². The van der Waals surface area contributed by atoms with E-state index >= 15 is 0 Å². The molecule has 0 N–H and O–H groups in total. The standard InChI is InChI=1S/C29H31F3N4O5/c1-3-35-25(18-39-17-20-7-5-4-6-8-20)34-36(28(35)37)22-15-21-9-12-33-27(41-23-10-13-38-14-11-23)26(21)24(16-22)40-19(2)29(30,31)32/h4-9,12,15-16,19,23H,3,10-11,13-14,17-18H2,1-2H3. The quantitative estimate of drug-likeness (QED) is 0.258. The average Bonchev–Trinajstić information content (AvgIpc) is 3.28. The van der Waals surface area contributed by atoms with Crippen molar-refractivity contribution in [2.24, 2.45) is 0 Å². The monoisotopic (exact) mass is 572 g/mol. The fraction of sp³-hybridized carbons (Fsp3) is 0.414. The molecule has 1 atom stereocenters. The number of rotatable bonds is 10. The third kappa shape index (κ3) is 6.54. The fourth-order valence-electron chi connectivity index (χ4n) is 4.61. The zero-order valence-corrected chi connectivity index (χ0v) is 22.8. The van der Waals surface area contributed by atoms with Gasteiger partial charge in [-0.15, -0.1) is 5.10 Å². The van der Waals surface area contributed by atoms with E-state index in [1.54, 1.807) is 19.1 Å². The molecular formula is C29H31F3N4O5. The molecule has 0 spiro atoms. The lowest BCUT2D eigenvalue weighted by molar-refractivity contribution is -0.189. The summed E-state index contributed by atoms with van der Waals surface area (Å²) in [5.74, 6) is 0.432. The van der Waals surface area contributed by atoms with Gasteiger partial charge in [-0.05, 0) is 36.9 Å². The molecule has 4 aromatic rings. The van der Waals surface area contributed by atoms with Crippen LogP contribution < -0.4 is 15.2 Å². The van der Waals surface area contributed by atoms with Crippen molar-refractivity contribution in [3.63, 3.8) is 0 Å². The van der Waals surface area contributed by atoms with Gasteiger partial charge >= 0.3 is 11.9 Å². The highest BCUT2D eigenvalue weighted by Gasteiger charge is 2.38. The first-order valence-corrected chi connectivity index (χ1v) is 13.5. The molecule has 2 aromatic heterocycles. The SMILES string of the molecule is CCn1c(COCc2ccccc2)nn(-c2cc(OC(C)C(F)(F)F)c3c(OC4CCOCC4)nccc3c2)c1=O. The Morgan fingerprint density at radius 3 is 2.56 bits per heavy atom. The van der Waals surface area contributed by atoms with Crippen molar-refractivity contribution in [1.29, 1.82) is 0 Å². The summed E-state index contributed by atoms with van der Waals surface area (Å²) >= 11 is 0. The van der Waals surface area contributed by atoms with Crippen molar-refractivity contribution < 1.29 is 32.1 Å². The Labute approximate surface area is 234 Å². The molecule has 12 heteroatoms. The van der Waals surface area contributed by atoms with Crippen LogP contribution in [0.15, 0.2) is 59.5 Å². The van der Waals surface area contributed by atoms with E-state index in [-0.39, 0.29) is 35.4 Å². The second-order valence-corrected chi connectivity index (χ2v) is 9.72. The Bertz CT molecular complexity index is 1530. The molecule has 1 fully saturated rings. The maximum absolute atomic E-state index is 13.6. The summed E-state index contributed by atoms with van der Waals surface area (Å²) in [6.45, 7) is 4.51. The molecule has 3 heterocycles. The highest BCUT2D eigenvalue weighted by Crippen LogP contribution is 2.38. The lowest BCUT2D eigenvalue weighted by atomic mass is 10.1. The molecule has 5 rings (SSSR count). The molecular weight excluding hydrogens is 541 g/mol. The van der Waals surface area contributed by atoms with Gasteiger partial charge in [-0.1, -0.05) is 30.3 Å². The van der Waals surface area contributed by atoms with Crippen molar-refractivity contribution >= 4 is 10.8 Å². The third-order valence-corrected chi connectivity index (χ3v) is 6.83. The van der Waals surface area contributed by atoms with Crippen LogP contribution in [0.25, 0.3) is 16.5 Å². The van der Waals surface area contributed by atoms with Crippen LogP contribution >= 0.6 is 0 Å². The van der Waals surface area contributed by atoms with E-state index in [9.17, 15) is 18.0 Å². The Morgan fingerprint density at radius 1 is 1.10 bits per heavy atom. The maximum atomic E-state index is 13.6. The molecule has 2 aromatic carbocycles. The molecule has 0 amide bonds. The van der Waals surface area contributed by atoms with Gasteiger partial charge in [-0.3, -0.25) is 4.57 Å². The number of hydrogen-bond acceptors (Lipinski definition) is 7. The summed E-state index contributed by atoms with van der Waals surface area (Å²) in [6.07, 6.45) is -4.17. The first-order chi connectivity index (χ1) is 19.7. The van der Waals surface area contributed by atoms with E-state index in [0.29, 0.717) is 50.4 Å². The number of pyridine rings is 1. The molecule has 1 saturated heterocycles. The number of halogens is 3. The van der Waals surface area contributed by atoms with Gasteiger partial charge in [0.2, 0.25) is 5.88 Å². The van der Waals surface area contributed by atoms with Gasteiger partial charge in [-0.25, -0.2) is 9.78 Å². The Morgan fingerprint density at radius 2 is 1.85 bits per heavy atom. The Balaban J connectivity index is 1.53. The van der Waals surface area contributed by atoms with Crippen LogP contribution in [0.3, 0.4) is 0 Å². The topological polar surface area (TPSA) is 89.6 Å². The zero-order valence-electron chi connectivity index (χ0n) is 22.8. The molecule has 0 radical (unpaired) electrons. The largest absolute Gasteiger partial charge is 0.480 e. The number of hydrogen-bond donors (Lipinski definition) is 0. The molecule has 1 aliphatic heterocycles. The minimum atomic E-state index is -4.61. The van der Waals surface area contributed by atoms with Crippen LogP contribution in [0.5, 0.6) is 11.6 Å². The second-order valence-electron chi connectivity index (χ2n) is 9.72. The predicted octanol–water partition coefficient (Wildman–Crippen LogP) is 5.21. The summed E-state index contributed by atoms with van der Waals surface area (Å²) < 4.78 is 66.1. The summed E-state index contributed by atoms with van der Waals surface area (Å²) in [7, 11) is 0. The summed E-state index contributed by atoms with van der Waals surface area (Å²) in [4.78, 5) is 17.7. The number of alkyl halides is 3. The maximum Gasteiger partial charge on any atom is 0.425 e. The molecule has 0 saturated carbocycles. The van der Waals surface area contributed by atoms with Crippen molar-refractivity contribution in [1.82, 2.24) is 19.3 Å². The van der Waals surface area contributed by atoms with Gasteiger partial charge in [0.25, 0.3) is 0 Å². The number of ether oxygens (including phenoxy) is 4. The van der Waals surface area contributed by atoms with Crippen LogP contribution in [-0.2, 0) is 29.2 Å². The predicted molar refractivity (Wildman–Crippen MR) is 144 cm³/mol. The Hall–Kier alpha value is -3.90. The number of fused-ring (bicyclic) bond motifs is 1. The lowest BCUT2D eigenvalue weighted by Crippen LogP contribution is -2.31. The van der Waals surface area contributed by atoms with Gasteiger partial charge in [0, 0.05) is 31.6 Å². The summed E-state index contributed by atoms with van der Waals surface area (Å²) in [5, 5.41) is 5.25. The van der Waals surface area contributed by atoms with Crippen LogP contribution in [0.2, 0.25) is 0 Å². The van der Waals surface area contributed by atoms with Gasteiger partial charge in [0.1, 0.15) is 18.5 Å². The first-order valence-electron chi connectivity index (χ1n) is 13.5. The normalized spacial score (nSPS) is 15.2. The van der Waals surface area contributed by atoms with Gasteiger partial charge < -0.3 is 18.9 Å². The Kier molecular flexibility index (Phi) is 8.60. The highest BCUT2D eigenvalue weighted by molar-refractivity contribution is 5.94. The molecule has 218 valence electrons. The van der Waals surface area contributed by atoms with Crippen LogP contribution in [0.1, 0.15) is 38.1 Å². The molecule has 1 unspecified atom stereocenters. The van der Waals surface area contributed by atoms with Crippen molar-refractivity contribution in [3.8, 4) is 17.3 Å². The van der Waals surface area contributed by atoms with Crippen LogP contribution in [0.4, 0.5) is 13.2 Å².